The molecule has 71 valence electrons. The smallest absolute Gasteiger partial charge is 0.182 e. The fraction of sp³-hybridized carbons (Fsp3) is 0.125. The second kappa shape index (κ2) is 3.86. The molecule has 1 aromatic carbocycles. The van der Waals surface area contributed by atoms with Crippen molar-refractivity contribution >= 4 is 33.0 Å². The predicted octanol–water partition coefficient (Wildman–Crippen LogP) is 2.95. The van der Waals surface area contributed by atoms with Crippen molar-refractivity contribution in [2.24, 2.45) is 0 Å². The van der Waals surface area contributed by atoms with Gasteiger partial charge in [-0.2, -0.15) is 0 Å². The van der Waals surface area contributed by atoms with Crippen LogP contribution in [0.4, 0.5) is 0 Å². The van der Waals surface area contributed by atoms with Crippen LogP contribution in [0.1, 0.15) is 6.92 Å². The van der Waals surface area contributed by atoms with Gasteiger partial charge in [0.05, 0.1) is 20.7 Å². The Bertz CT molecular complexity index is 412. The average Bonchev–Trinajstić information content (AvgIpc) is 2.09. The first-order valence-corrected chi connectivity index (χ1v) is 5.77. The van der Waals surface area contributed by atoms with Crippen molar-refractivity contribution in [3.63, 3.8) is 0 Å². The highest BCUT2D eigenvalue weighted by atomic mass is 35.5. The van der Waals surface area contributed by atoms with Gasteiger partial charge in [0.1, 0.15) is 0 Å². The molecule has 0 saturated carbocycles. The highest BCUT2D eigenvalue weighted by Gasteiger charge is 2.12. The molecule has 0 saturated heterocycles. The number of rotatable bonds is 2. The minimum atomic E-state index is -3.31. The van der Waals surface area contributed by atoms with Crippen molar-refractivity contribution in [2.75, 3.05) is 0 Å². The SMILES string of the molecule is C[CH]S(=O)(=O)c1ccc(Cl)c(Cl)c1. The number of hydrogen-bond donors (Lipinski definition) is 0. The second-order valence-corrected chi connectivity index (χ2v) is 5.20. The van der Waals surface area contributed by atoms with E-state index in [0.29, 0.717) is 5.02 Å². The van der Waals surface area contributed by atoms with E-state index >= 15 is 0 Å². The molecule has 0 aliphatic heterocycles. The zero-order chi connectivity index (χ0) is 10.1. The minimum Gasteiger partial charge on any atom is -0.223 e. The first-order valence-electron chi connectivity index (χ1n) is 3.47. The number of halogens is 2. The summed E-state index contributed by atoms with van der Waals surface area (Å²) in [5, 5.41) is 0.585. The van der Waals surface area contributed by atoms with Gasteiger partial charge in [0, 0.05) is 0 Å². The molecule has 1 radical (unpaired) electrons. The first kappa shape index (κ1) is 10.8. The Morgan fingerprint density at radius 2 is 1.85 bits per heavy atom. The van der Waals surface area contributed by atoms with Gasteiger partial charge in [-0.3, -0.25) is 0 Å². The van der Waals surface area contributed by atoms with E-state index in [0.717, 1.165) is 5.75 Å². The van der Waals surface area contributed by atoms with Crippen molar-refractivity contribution in [2.45, 2.75) is 11.8 Å². The van der Waals surface area contributed by atoms with Crippen molar-refractivity contribution < 1.29 is 8.42 Å². The molecule has 0 aliphatic carbocycles. The maximum Gasteiger partial charge on any atom is 0.182 e. The third-order valence-corrected chi connectivity index (χ3v) is 3.80. The molecule has 13 heavy (non-hydrogen) atoms. The molecule has 0 aromatic heterocycles. The van der Waals surface area contributed by atoms with Crippen LogP contribution < -0.4 is 0 Å². The van der Waals surface area contributed by atoms with Gasteiger partial charge in [0.25, 0.3) is 0 Å². The molecule has 0 amide bonds. The normalized spacial score (nSPS) is 11.6. The lowest BCUT2D eigenvalue weighted by Crippen LogP contribution is -1.98. The van der Waals surface area contributed by atoms with Crippen molar-refractivity contribution in [1.29, 1.82) is 0 Å². The van der Waals surface area contributed by atoms with Gasteiger partial charge in [0.15, 0.2) is 9.84 Å². The van der Waals surface area contributed by atoms with Crippen LogP contribution in [0.2, 0.25) is 10.0 Å². The molecule has 5 heteroatoms. The van der Waals surface area contributed by atoms with Crippen LogP contribution in [0.5, 0.6) is 0 Å². The first-order chi connectivity index (χ1) is 5.97. The Labute approximate surface area is 87.4 Å². The van der Waals surface area contributed by atoms with Crippen LogP contribution in [0.25, 0.3) is 0 Å². The van der Waals surface area contributed by atoms with Crippen LogP contribution in [-0.2, 0) is 9.84 Å². The number of hydrogen-bond acceptors (Lipinski definition) is 2. The number of benzene rings is 1. The third-order valence-electron chi connectivity index (χ3n) is 1.53. The van der Waals surface area contributed by atoms with E-state index in [1.807, 2.05) is 0 Å². The molecule has 0 spiro atoms. The Hall–Kier alpha value is -0.250. The summed E-state index contributed by atoms with van der Waals surface area (Å²) in [7, 11) is -3.31. The van der Waals surface area contributed by atoms with Gasteiger partial charge in [-0.1, -0.05) is 23.2 Å². The summed E-state index contributed by atoms with van der Waals surface area (Å²) in [4.78, 5) is 0.157. The predicted molar refractivity (Wildman–Crippen MR) is 53.6 cm³/mol. The Kier molecular flexibility index (Phi) is 3.22. The summed E-state index contributed by atoms with van der Waals surface area (Å²) in [5.41, 5.74) is 0. The van der Waals surface area contributed by atoms with Gasteiger partial charge in [-0.15, -0.1) is 0 Å². The minimum absolute atomic E-state index is 0.157. The van der Waals surface area contributed by atoms with Crippen LogP contribution in [-0.4, -0.2) is 8.42 Å². The van der Waals surface area contributed by atoms with Crippen LogP contribution >= 0.6 is 23.2 Å². The Balaban J connectivity index is 3.27. The summed E-state index contributed by atoms with van der Waals surface area (Å²) in [6.07, 6.45) is 0. The molecule has 0 unspecified atom stereocenters. The Morgan fingerprint density at radius 1 is 1.23 bits per heavy atom. The molecule has 2 nitrogen and oxygen atoms in total. The van der Waals surface area contributed by atoms with Gasteiger partial charge >= 0.3 is 0 Å². The van der Waals surface area contributed by atoms with E-state index in [4.69, 9.17) is 23.2 Å². The largest absolute Gasteiger partial charge is 0.223 e. The lowest BCUT2D eigenvalue weighted by Gasteiger charge is -2.01. The summed E-state index contributed by atoms with van der Waals surface area (Å²) in [5.74, 6) is 1.12. The molecule has 0 bridgehead atoms. The zero-order valence-electron chi connectivity index (χ0n) is 6.79. The zero-order valence-corrected chi connectivity index (χ0v) is 9.12. The highest BCUT2D eigenvalue weighted by molar-refractivity contribution is 7.93. The lowest BCUT2D eigenvalue weighted by molar-refractivity contribution is 0.601. The van der Waals surface area contributed by atoms with Gasteiger partial charge in [0.2, 0.25) is 0 Å². The quantitative estimate of drug-likeness (QED) is 0.793. The Morgan fingerprint density at radius 3 is 2.31 bits per heavy atom. The van der Waals surface area contributed by atoms with Gasteiger partial charge in [-0.25, -0.2) is 8.42 Å². The molecular weight excluding hydrogens is 231 g/mol. The number of sulfone groups is 1. The van der Waals surface area contributed by atoms with Crippen molar-refractivity contribution in [3.05, 3.63) is 34.0 Å². The maximum absolute atomic E-state index is 11.3. The summed E-state index contributed by atoms with van der Waals surface area (Å²) in [6, 6.07) is 4.21. The molecule has 0 fully saturated rings. The second-order valence-electron chi connectivity index (χ2n) is 2.36. The van der Waals surface area contributed by atoms with E-state index in [-0.39, 0.29) is 9.92 Å². The molecule has 1 aromatic rings. The fourth-order valence-corrected chi connectivity index (χ4v) is 1.96. The van der Waals surface area contributed by atoms with E-state index in [9.17, 15) is 8.42 Å². The van der Waals surface area contributed by atoms with Crippen LogP contribution in [0.3, 0.4) is 0 Å². The standard InChI is InChI=1S/C8H7Cl2O2S/c1-2-13(11,12)6-3-4-7(9)8(10)5-6/h2-5H,1H3. The van der Waals surface area contributed by atoms with Crippen LogP contribution in [0, 0.1) is 5.75 Å². The average molecular weight is 238 g/mol. The molecule has 0 N–H and O–H groups in total. The van der Waals surface area contributed by atoms with Gasteiger partial charge < -0.3 is 0 Å². The van der Waals surface area contributed by atoms with E-state index in [2.05, 4.69) is 0 Å². The van der Waals surface area contributed by atoms with E-state index < -0.39 is 9.84 Å². The third kappa shape index (κ3) is 2.36. The maximum atomic E-state index is 11.3. The molecule has 1 rings (SSSR count). The molecule has 0 atom stereocenters. The topological polar surface area (TPSA) is 34.1 Å². The summed E-state index contributed by atoms with van der Waals surface area (Å²) < 4.78 is 22.6. The summed E-state index contributed by atoms with van der Waals surface area (Å²) >= 11 is 11.3. The monoisotopic (exact) mass is 237 g/mol. The van der Waals surface area contributed by atoms with Crippen LogP contribution in [0.15, 0.2) is 23.1 Å². The van der Waals surface area contributed by atoms with E-state index in [1.165, 1.54) is 25.1 Å². The van der Waals surface area contributed by atoms with Crippen molar-refractivity contribution in [3.8, 4) is 0 Å². The summed E-state index contributed by atoms with van der Waals surface area (Å²) in [6.45, 7) is 1.46. The highest BCUT2D eigenvalue weighted by Crippen LogP contribution is 2.25. The molecule has 0 heterocycles. The molecule has 0 aliphatic rings. The molecular formula is C8H7Cl2O2S. The lowest BCUT2D eigenvalue weighted by atomic mass is 10.4. The van der Waals surface area contributed by atoms with Gasteiger partial charge in [-0.05, 0) is 25.1 Å². The van der Waals surface area contributed by atoms with E-state index in [1.54, 1.807) is 0 Å². The van der Waals surface area contributed by atoms with Crippen molar-refractivity contribution in [1.82, 2.24) is 0 Å². The fourth-order valence-electron chi connectivity index (χ4n) is 0.790.